The maximum Gasteiger partial charge on any atom is 0.340 e. The highest BCUT2D eigenvalue weighted by Crippen LogP contribution is 2.28. The van der Waals surface area contributed by atoms with Gasteiger partial charge < -0.3 is 15.2 Å². The van der Waals surface area contributed by atoms with Crippen molar-refractivity contribution in [2.75, 3.05) is 12.3 Å². The molecule has 2 aromatic rings. The van der Waals surface area contributed by atoms with Gasteiger partial charge in [-0.15, -0.1) is 0 Å². The maximum absolute atomic E-state index is 13.6. The fraction of sp³-hybridized carbons (Fsp3) is 0.143. The molecule has 7 heteroatoms. The van der Waals surface area contributed by atoms with Gasteiger partial charge in [0.25, 0.3) is 0 Å². The standard InChI is InChI=1S/C14H12BrFN2O3/c1-2-20-14(19)9-6-13(18-7-11(9)17)21-12-5-8(15)3-4-10(12)16/h3-7H,2,17H2,1H3. The average Bonchev–Trinajstić information content (AvgIpc) is 2.45. The number of esters is 1. The van der Waals surface area contributed by atoms with E-state index in [1.165, 1.54) is 24.4 Å². The van der Waals surface area contributed by atoms with E-state index in [-0.39, 0.29) is 29.5 Å². The van der Waals surface area contributed by atoms with Gasteiger partial charge in [-0.2, -0.15) is 0 Å². The van der Waals surface area contributed by atoms with Gasteiger partial charge in [-0.3, -0.25) is 0 Å². The Kier molecular flexibility index (Phi) is 4.74. The molecule has 2 N–H and O–H groups in total. The van der Waals surface area contributed by atoms with Crippen LogP contribution in [0.25, 0.3) is 0 Å². The van der Waals surface area contributed by atoms with Gasteiger partial charge >= 0.3 is 5.97 Å². The number of hydrogen-bond donors (Lipinski definition) is 1. The quantitative estimate of drug-likeness (QED) is 0.850. The number of carbonyl (C=O) groups is 1. The molecule has 2 rings (SSSR count). The number of nitrogens with two attached hydrogens (primary N) is 1. The molecule has 0 aliphatic rings. The molecule has 0 radical (unpaired) electrons. The van der Waals surface area contributed by atoms with Gasteiger partial charge in [0.15, 0.2) is 11.6 Å². The number of rotatable bonds is 4. The van der Waals surface area contributed by atoms with Crippen LogP contribution in [0.1, 0.15) is 17.3 Å². The number of pyridine rings is 1. The molecule has 1 aromatic heterocycles. The maximum atomic E-state index is 13.6. The van der Waals surface area contributed by atoms with E-state index in [2.05, 4.69) is 20.9 Å². The van der Waals surface area contributed by atoms with Crippen molar-refractivity contribution in [1.29, 1.82) is 0 Å². The van der Waals surface area contributed by atoms with E-state index < -0.39 is 11.8 Å². The molecule has 21 heavy (non-hydrogen) atoms. The number of benzene rings is 1. The summed E-state index contributed by atoms with van der Waals surface area (Å²) in [5, 5.41) is 0. The summed E-state index contributed by atoms with van der Waals surface area (Å²) in [6.07, 6.45) is 1.26. The van der Waals surface area contributed by atoms with E-state index >= 15 is 0 Å². The predicted molar refractivity (Wildman–Crippen MR) is 78.8 cm³/mol. The molecule has 0 atom stereocenters. The number of ether oxygens (including phenoxy) is 2. The van der Waals surface area contributed by atoms with E-state index in [1.54, 1.807) is 13.0 Å². The lowest BCUT2D eigenvalue weighted by Gasteiger charge is -2.09. The molecule has 0 spiro atoms. The summed E-state index contributed by atoms with van der Waals surface area (Å²) >= 11 is 3.22. The van der Waals surface area contributed by atoms with Gasteiger partial charge in [0.05, 0.1) is 24.1 Å². The summed E-state index contributed by atoms with van der Waals surface area (Å²) in [5.74, 6) is -1.10. The Morgan fingerprint density at radius 3 is 2.90 bits per heavy atom. The second-order valence-corrected chi connectivity index (χ2v) is 4.92. The minimum atomic E-state index is -0.586. The second kappa shape index (κ2) is 6.53. The number of hydrogen-bond acceptors (Lipinski definition) is 5. The molecule has 0 aliphatic heterocycles. The first kappa shape index (κ1) is 15.2. The number of carbonyl (C=O) groups excluding carboxylic acids is 1. The summed E-state index contributed by atoms with van der Waals surface area (Å²) in [5.41, 5.74) is 5.95. The third-order valence-corrected chi connectivity index (χ3v) is 3.01. The molecule has 0 fully saturated rings. The Labute approximate surface area is 129 Å². The molecular formula is C14H12BrFN2O3. The van der Waals surface area contributed by atoms with E-state index in [0.29, 0.717) is 4.47 Å². The number of halogens is 2. The first-order valence-corrected chi connectivity index (χ1v) is 6.86. The van der Waals surface area contributed by atoms with Gasteiger partial charge in [-0.1, -0.05) is 15.9 Å². The van der Waals surface area contributed by atoms with Crippen molar-refractivity contribution in [2.45, 2.75) is 6.92 Å². The third kappa shape index (κ3) is 3.69. The van der Waals surface area contributed by atoms with Crippen molar-refractivity contribution < 1.29 is 18.7 Å². The summed E-state index contributed by atoms with van der Waals surface area (Å²) in [6, 6.07) is 5.57. The Bertz CT molecular complexity index is 679. The zero-order valence-electron chi connectivity index (χ0n) is 11.1. The van der Waals surface area contributed by atoms with Crippen LogP contribution < -0.4 is 10.5 Å². The van der Waals surface area contributed by atoms with Crippen LogP contribution in [0.4, 0.5) is 10.1 Å². The van der Waals surface area contributed by atoms with Crippen molar-refractivity contribution in [3.8, 4) is 11.6 Å². The topological polar surface area (TPSA) is 74.4 Å². The first-order chi connectivity index (χ1) is 10.0. The highest BCUT2D eigenvalue weighted by molar-refractivity contribution is 9.10. The summed E-state index contributed by atoms with van der Waals surface area (Å²) < 4.78 is 24.5. The summed E-state index contributed by atoms with van der Waals surface area (Å²) in [4.78, 5) is 15.6. The number of anilines is 1. The SMILES string of the molecule is CCOC(=O)c1cc(Oc2cc(Br)ccc2F)ncc1N. The van der Waals surface area contributed by atoms with Crippen molar-refractivity contribution in [3.63, 3.8) is 0 Å². The smallest absolute Gasteiger partial charge is 0.340 e. The van der Waals surface area contributed by atoms with Gasteiger partial charge in [0, 0.05) is 10.5 Å². The lowest BCUT2D eigenvalue weighted by atomic mass is 10.2. The van der Waals surface area contributed by atoms with Crippen LogP contribution in [-0.4, -0.2) is 17.6 Å². The predicted octanol–water partition coefficient (Wildman–Crippen LogP) is 3.53. The molecule has 0 unspecified atom stereocenters. The van der Waals surface area contributed by atoms with Crippen molar-refractivity contribution in [1.82, 2.24) is 4.98 Å². The monoisotopic (exact) mass is 354 g/mol. The van der Waals surface area contributed by atoms with Gasteiger partial charge in [-0.25, -0.2) is 14.2 Å². The Morgan fingerprint density at radius 1 is 1.43 bits per heavy atom. The highest BCUT2D eigenvalue weighted by Gasteiger charge is 2.14. The van der Waals surface area contributed by atoms with E-state index in [4.69, 9.17) is 15.2 Å². The Hall–Kier alpha value is -2.15. The molecule has 0 aliphatic carbocycles. The third-order valence-electron chi connectivity index (χ3n) is 2.51. The summed E-state index contributed by atoms with van der Waals surface area (Å²) in [6.45, 7) is 1.90. The first-order valence-electron chi connectivity index (χ1n) is 6.06. The molecule has 0 amide bonds. The molecule has 0 saturated carbocycles. The largest absolute Gasteiger partial charge is 0.462 e. The normalized spacial score (nSPS) is 10.2. The lowest BCUT2D eigenvalue weighted by molar-refractivity contribution is 0.0527. The molecule has 0 saturated heterocycles. The lowest BCUT2D eigenvalue weighted by Crippen LogP contribution is -2.08. The summed E-state index contributed by atoms with van der Waals surface area (Å²) in [7, 11) is 0. The van der Waals surface area contributed by atoms with E-state index in [1.807, 2.05) is 0 Å². The Balaban J connectivity index is 2.31. The zero-order valence-corrected chi connectivity index (χ0v) is 12.7. The zero-order chi connectivity index (χ0) is 15.4. The molecule has 1 aromatic carbocycles. The van der Waals surface area contributed by atoms with E-state index in [9.17, 15) is 9.18 Å². The van der Waals surface area contributed by atoms with Crippen LogP contribution in [0.2, 0.25) is 0 Å². The van der Waals surface area contributed by atoms with Crippen LogP contribution in [-0.2, 0) is 4.74 Å². The minimum Gasteiger partial charge on any atom is -0.462 e. The fourth-order valence-corrected chi connectivity index (χ4v) is 1.90. The number of nitrogen functional groups attached to an aromatic ring is 1. The Morgan fingerprint density at radius 2 is 2.19 bits per heavy atom. The van der Waals surface area contributed by atoms with Crippen LogP contribution in [0.3, 0.4) is 0 Å². The van der Waals surface area contributed by atoms with Gasteiger partial charge in [0.2, 0.25) is 5.88 Å². The van der Waals surface area contributed by atoms with E-state index in [0.717, 1.165) is 0 Å². The molecule has 5 nitrogen and oxygen atoms in total. The van der Waals surface area contributed by atoms with Crippen LogP contribution in [0.5, 0.6) is 11.6 Å². The van der Waals surface area contributed by atoms with Gasteiger partial charge in [-0.05, 0) is 25.1 Å². The van der Waals surface area contributed by atoms with Gasteiger partial charge in [0.1, 0.15) is 0 Å². The number of nitrogens with zero attached hydrogens (tertiary/aromatic N) is 1. The van der Waals surface area contributed by atoms with Crippen LogP contribution in [0, 0.1) is 5.82 Å². The molecule has 1 heterocycles. The average molecular weight is 355 g/mol. The minimum absolute atomic E-state index is 0.0172. The molecular weight excluding hydrogens is 343 g/mol. The molecule has 0 bridgehead atoms. The second-order valence-electron chi connectivity index (χ2n) is 4.01. The van der Waals surface area contributed by atoms with Crippen molar-refractivity contribution in [3.05, 3.63) is 46.3 Å². The van der Waals surface area contributed by atoms with Crippen LogP contribution >= 0.6 is 15.9 Å². The molecule has 110 valence electrons. The van der Waals surface area contributed by atoms with Crippen LogP contribution in [0.15, 0.2) is 34.9 Å². The number of aromatic nitrogens is 1. The highest BCUT2D eigenvalue weighted by atomic mass is 79.9. The van der Waals surface area contributed by atoms with Crippen molar-refractivity contribution >= 4 is 27.6 Å². The fourth-order valence-electron chi connectivity index (χ4n) is 1.56. The van der Waals surface area contributed by atoms with Crippen molar-refractivity contribution in [2.24, 2.45) is 0 Å².